The van der Waals surface area contributed by atoms with Crippen LogP contribution in [0.1, 0.15) is 0 Å². The fourth-order valence-electron chi connectivity index (χ4n) is 1.30. The van der Waals surface area contributed by atoms with E-state index in [0.29, 0.717) is 8.81 Å². The highest BCUT2D eigenvalue weighted by Crippen LogP contribution is 2.30. The topological polar surface area (TPSA) is 68.3 Å². The average molecular weight is 384 g/mol. The van der Waals surface area contributed by atoms with Crippen molar-refractivity contribution in [3.05, 3.63) is 33.2 Å². The SMILES string of the molecule is COc1ncc(Br)cc1NS(=O)(=O)c1ccc(Cl)s1. The lowest BCUT2D eigenvalue weighted by molar-refractivity contribution is 0.400. The number of hydrogen-bond donors (Lipinski definition) is 1. The third-order valence-electron chi connectivity index (χ3n) is 2.07. The molecule has 0 aliphatic carbocycles. The van der Waals surface area contributed by atoms with Crippen LogP contribution < -0.4 is 9.46 Å². The van der Waals surface area contributed by atoms with Gasteiger partial charge in [0, 0.05) is 10.7 Å². The Bertz CT molecular complexity index is 703. The molecular formula is C10H8BrClN2O3S2. The van der Waals surface area contributed by atoms with Gasteiger partial charge in [-0.1, -0.05) is 11.6 Å². The molecule has 0 spiro atoms. The predicted molar refractivity (Wildman–Crippen MR) is 78.6 cm³/mol. The van der Waals surface area contributed by atoms with Crippen LogP contribution in [0.2, 0.25) is 4.34 Å². The van der Waals surface area contributed by atoms with Crippen LogP contribution in [0, 0.1) is 0 Å². The summed E-state index contributed by atoms with van der Waals surface area (Å²) in [5.41, 5.74) is 0.251. The van der Waals surface area contributed by atoms with Gasteiger partial charge < -0.3 is 4.74 Å². The summed E-state index contributed by atoms with van der Waals surface area (Å²) < 4.78 is 32.9. The van der Waals surface area contributed by atoms with Gasteiger partial charge in [-0.15, -0.1) is 11.3 Å². The second-order valence-electron chi connectivity index (χ2n) is 3.37. The molecule has 0 bridgehead atoms. The Labute approximate surface area is 127 Å². The van der Waals surface area contributed by atoms with E-state index in [1.54, 1.807) is 6.07 Å². The lowest BCUT2D eigenvalue weighted by Crippen LogP contribution is -2.12. The van der Waals surface area contributed by atoms with Gasteiger partial charge in [0.05, 0.1) is 11.4 Å². The smallest absolute Gasteiger partial charge is 0.271 e. The third-order valence-corrected chi connectivity index (χ3v) is 5.59. The highest BCUT2D eigenvalue weighted by molar-refractivity contribution is 9.10. The zero-order chi connectivity index (χ0) is 14.0. The molecule has 9 heteroatoms. The van der Waals surface area contributed by atoms with Gasteiger partial charge in [0.15, 0.2) is 0 Å². The number of rotatable bonds is 4. The van der Waals surface area contributed by atoms with Crippen molar-refractivity contribution in [1.29, 1.82) is 0 Å². The molecule has 2 heterocycles. The maximum atomic E-state index is 12.1. The van der Waals surface area contributed by atoms with Crippen LogP contribution in [0.5, 0.6) is 5.88 Å². The molecule has 0 atom stereocenters. The van der Waals surface area contributed by atoms with Gasteiger partial charge >= 0.3 is 0 Å². The Morgan fingerprint density at radius 2 is 2.21 bits per heavy atom. The van der Waals surface area contributed by atoms with Crippen LogP contribution in [0.4, 0.5) is 5.69 Å². The summed E-state index contributed by atoms with van der Waals surface area (Å²) in [5, 5.41) is 0. The van der Waals surface area contributed by atoms with E-state index in [1.807, 2.05) is 0 Å². The van der Waals surface area contributed by atoms with Gasteiger partial charge in [-0.2, -0.15) is 0 Å². The van der Waals surface area contributed by atoms with Crippen molar-refractivity contribution in [2.24, 2.45) is 0 Å². The number of aromatic nitrogens is 1. The van der Waals surface area contributed by atoms with E-state index in [0.717, 1.165) is 11.3 Å². The van der Waals surface area contributed by atoms with E-state index in [4.69, 9.17) is 16.3 Å². The Morgan fingerprint density at radius 1 is 1.47 bits per heavy atom. The van der Waals surface area contributed by atoms with E-state index in [-0.39, 0.29) is 15.8 Å². The Morgan fingerprint density at radius 3 is 2.79 bits per heavy atom. The molecule has 19 heavy (non-hydrogen) atoms. The molecule has 0 saturated heterocycles. The number of thiophene rings is 1. The molecule has 0 amide bonds. The fraction of sp³-hybridized carbons (Fsp3) is 0.100. The van der Waals surface area contributed by atoms with E-state index in [9.17, 15) is 8.42 Å². The fourth-order valence-corrected chi connectivity index (χ4v) is 4.16. The maximum absolute atomic E-state index is 12.1. The molecule has 2 aromatic rings. The van der Waals surface area contributed by atoms with Gasteiger partial charge in [0.2, 0.25) is 5.88 Å². The standard InChI is InChI=1S/C10H8BrClN2O3S2/c1-17-10-7(4-6(11)5-13-10)14-19(15,16)9-3-2-8(12)18-9/h2-5,14H,1H3. The molecule has 1 N–H and O–H groups in total. The zero-order valence-corrected chi connectivity index (χ0v) is 13.5. The number of sulfonamides is 1. The molecule has 5 nitrogen and oxygen atoms in total. The minimum Gasteiger partial charge on any atom is -0.479 e. The summed E-state index contributed by atoms with van der Waals surface area (Å²) in [7, 11) is -2.29. The predicted octanol–water partition coefficient (Wildman–Crippen LogP) is 3.37. The van der Waals surface area contributed by atoms with Gasteiger partial charge in [0.25, 0.3) is 10.0 Å². The summed E-state index contributed by atoms with van der Waals surface area (Å²) >= 11 is 9.93. The number of pyridine rings is 1. The monoisotopic (exact) mass is 382 g/mol. The summed E-state index contributed by atoms with van der Waals surface area (Å²) in [5.74, 6) is 0.189. The normalized spacial score (nSPS) is 11.3. The van der Waals surface area contributed by atoms with Gasteiger partial charge in [-0.3, -0.25) is 4.72 Å². The highest BCUT2D eigenvalue weighted by atomic mass is 79.9. The lowest BCUT2D eigenvalue weighted by Gasteiger charge is -2.10. The van der Waals surface area contributed by atoms with Gasteiger partial charge in [-0.05, 0) is 34.1 Å². The van der Waals surface area contributed by atoms with E-state index >= 15 is 0 Å². The number of anilines is 1. The molecule has 102 valence electrons. The molecule has 0 fully saturated rings. The van der Waals surface area contributed by atoms with Crippen LogP contribution >= 0.6 is 38.9 Å². The van der Waals surface area contributed by atoms with Crippen molar-refractivity contribution in [3.8, 4) is 5.88 Å². The van der Waals surface area contributed by atoms with Crippen LogP contribution in [-0.2, 0) is 10.0 Å². The number of ether oxygens (including phenoxy) is 1. The lowest BCUT2D eigenvalue weighted by atomic mass is 10.4. The zero-order valence-electron chi connectivity index (χ0n) is 9.55. The Hall–Kier alpha value is -0.830. The maximum Gasteiger partial charge on any atom is 0.271 e. The minimum absolute atomic E-state index is 0.125. The van der Waals surface area contributed by atoms with Crippen molar-refractivity contribution >= 4 is 54.6 Å². The average Bonchev–Trinajstić information content (AvgIpc) is 2.76. The second-order valence-corrected chi connectivity index (χ2v) is 7.91. The van der Waals surface area contributed by atoms with E-state index < -0.39 is 10.0 Å². The largest absolute Gasteiger partial charge is 0.479 e. The first-order valence-corrected chi connectivity index (χ1v) is 8.37. The van der Waals surface area contributed by atoms with Crippen molar-refractivity contribution in [2.75, 3.05) is 11.8 Å². The molecule has 0 aliphatic heterocycles. The molecule has 0 aliphatic rings. The molecule has 0 saturated carbocycles. The number of nitrogens with zero attached hydrogens (tertiary/aromatic N) is 1. The summed E-state index contributed by atoms with van der Waals surface area (Å²) in [4.78, 5) is 3.96. The minimum atomic E-state index is -3.70. The Kier molecular flexibility index (Phi) is 4.34. The molecule has 0 aromatic carbocycles. The third kappa shape index (κ3) is 3.38. The molecule has 0 radical (unpaired) electrons. The molecular weight excluding hydrogens is 376 g/mol. The van der Waals surface area contributed by atoms with Crippen LogP contribution in [-0.4, -0.2) is 20.5 Å². The number of hydrogen-bond acceptors (Lipinski definition) is 5. The summed E-state index contributed by atoms with van der Waals surface area (Å²) in [6, 6.07) is 4.53. The number of nitrogens with one attached hydrogen (secondary N) is 1. The molecule has 0 unspecified atom stereocenters. The van der Waals surface area contributed by atoms with Gasteiger partial charge in [0.1, 0.15) is 9.90 Å². The van der Waals surface area contributed by atoms with Crippen molar-refractivity contribution < 1.29 is 13.2 Å². The van der Waals surface area contributed by atoms with Crippen molar-refractivity contribution in [3.63, 3.8) is 0 Å². The van der Waals surface area contributed by atoms with Crippen LogP contribution in [0.15, 0.2) is 33.1 Å². The highest BCUT2D eigenvalue weighted by Gasteiger charge is 2.19. The van der Waals surface area contributed by atoms with Crippen LogP contribution in [0.3, 0.4) is 0 Å². The second kappa shape index (κ2) is 5.66. The first kappa shape index (κ1) is 14.6. The first-order chi connectivity index (χ1) is 8.92. The number of halogens is 2. The summed E-state index contributed by atoms with van der Waals surface area (Å²) in [6.07, 6.45) is 1.51. The number of methoxy groups -OCH3 is 1. The van der Waals surface area contributed by atoms with E-state index in [1.165, 1.54) is 25.4 Å². The first-order valence-electron chi connectivity index (χ1n) is 4.90. The van der Waals surface area contributed by atoms with Crippen molar-refractivity contribution in [2.45, 2.75) is 4.21 Å². The van der Waals surface area contributed by atoms with E-state index in [2.05, 4.69) is 25.6 Å². The quantitative estimate of drug-likeness (QED) is 0.879. The van der Waals surface area contributed by atoms with Crippen LogP contribution in [0.25, 0.3) is 0 Å². The van der Waals surface area contributed by atoms with Gasteiger partial charge in [-0.25, -0.2) is 13.4 Å². The molecule has 2 aromatic heterocycles. The molecule has 2 rings (SSSR count). The summed E-state index contributed by atoms with van der Waals surface area (Å²) in [6.45, 7) is 0. The Balaban J connectivity index is 2.38. The van der Waals surface area contributed by atoms with Crippen molar-refractivity contribution in [1.82, 2.24) is 4.98 Å².